The minimum atomic E-state index is -0.207. The lowest BCUT2D eigenvalue weighted by molar-refractivity contribution is -0.124. The Labute approximate surface area is 140 Å². The maximum absolute atomic E-state index is 11.3. The summed E-state index contributed by atoms with van der Waals surface area (Å²) < 4.78 is 16.6. The molecule has 2 N–H and O–H groups in total. The zero-order chi connectivity index (χ0) is 17.7. The smallest absolute Gasteiger partial charge is 0.222 e. The molecule has 1 atom stereocenters. The molecular weight excluding hydrogens is 298 g/mol. The van der Waals surface area contributed by atoms with Gasteiger partial charge < -0.3 is 24.6 Å². The van der Waals surface area contributed by atoms with E-state index in [-0.39, 0.29) is 30.0 Å². The third-order valence-electron chi connectivity index (χ3n) is 3.02. The van der Waals surface area contributed by atoms with Crippen LogP contribution < -0.4 is 5.32 Å². The van der Waals surface area contributed by atoms with E-state index >= 15 is 0 Å². The van der Waals surface area contributed by atoms with E-state index in [0.717, 1.165) is 6.42 Å². The van der Waals surface area contributed by atoms with E-state index in [1.807, 2.05) is 34.6 Å². The molecule has 0 aromatic heterocycles. The lowest BCUT2D eigenvalue weighted by atomic mass is 10.1. The van der Waals surface area contributed by atoms with Gasteiger partial charge in [0.05, 0.1) is 38.6 Å². The van der Waals surface area contributed by atoms with Crippen LogP contribution in [0.4, 0.5) is 0 Å². The summed E-state index contributed by atoms with van der Waals surface area (Å²) in [5.41, 5.74) is -0.207. The van der Waals surface area contributed by atoms with Gasteiger partial charge in [0.1, 0.15) is 0 Å². The van der Waals surface area contributed by atoms with Gasteiger partial charge in [0.25, 0.3) is 0 Å². The van der Waals surface area contributed by atoms with Crippen molar-refractivity contribution in [3.63, 3.8) is 0 Å². The summed E-state index contributed by atoms with van der Waals surface area (Å²) in [7, 11) is 0. The molecule has 0 aliphatic rings. The first-order valence-corrected chi connectivity index (χ1v) is 8.44. The minimum Gasteiger partial charge on any atom is -0.396 e. The number of nitrogens with one attached hydrogen (secondary N) is 1. The molecule has 0 rings (SSSR count). The van der Waals surface area contributed by atoms with Gasteiger partial charge in [0.2, 0.25) is 5.91 Å². The van der Waals surface area contributed by atoms with Crippen molar-refractivity contribution < 1.29 is 24.1 Å². The van der Waals surface area contributed by atoms with Gasteiger partial charge in [-0.15, -0.1) is 0 Å². The van der Waals surface area contributed by atoms with Gasteiger partial charge in [0.15, 0.2) is 0 Å². The molecule has 0 aromatic carbocycles. The Morgan fingerprint density at radius 2 is 1.74 bits per heavy atom. The second-order valence-corrected chi connectivity index (χ2v) is 6.96. The molecule has 0 saturated heterocycles. The number of amides is 1. The maximum atomic E-state index is 11.3. The third-order valence-corrected chi connectivity index (χ3v) is 3.02. The van der Waals surface area contributed by atoms with Crippen LogP contribution in [-0.4, -0.2) is 62.8 Å². The molecule has 0 saturated carbocycles. The zero-order valence-electron chi connectivity index (χ0n) is 15.4. The Kier molecular flexibility index (Phi) is 12.3. The quantitative estimate of drug-likeness (QED) is 0.501. The average molecular weight is 333 g/mol. The number of ether oxygens (including phenoxy) is 3. The SMILES string of the molecule is CC(C)C(=O)NCCCOCCOCC(CO)COC(C)(C)C. The van der Waals surface area contributed by atoms with Crippen molar-refractivity contribution in [2.45, 2.75) is 46.6 Å². The Morgan fingerprint density at radius 1 is 1.09 bits per heavy atom. The predicted molar refractivity (Wildman–Crippen MR) is 90.4 cm³/mol. The fourth-order valence-electron chi connectivity index (χ4n) is 1.58. The standard InChI is InChI=1S/C17H35NO5/c1-14(2)16(20)18-7-6-8-21-9-10-22-12-15(11-19)13-23-17(3,4)5/h14-15,19H,6-13H2,1-5H3,(H,18,20). The highest BCUT2D eigenvalue weighted by molar-refractivity contribution is 5.77. The first-order valence-electron chi connectivity index (χ1n) is 8.44. The lowest BCUT2D eigenvalue weighted by Crippen LogP contribution is -2.29. The summed E-state index contributed by atoms with van der Waals surface area (Å²) in [5.74, 6) is 0.0763. The molecule has 0 aliphatic carbocycles. The minimum absolute atomic E-state index is 0.0135. The molecule has 1 unspecified atom stereocenters. The van der Waals surface area contributed by atoms with E-state index in [1.165, 1.54) is 0 Å². The van der Waals surface area contributed by atoms with E-state index in [1.54, 1.807) is 0 Å². The van der Waals surface area contributed by atoms with Crippen molar-refractivity contribution in [1.82, 2.24) is 5.32 Å². The largest absolute Gasteiger partial charge is 0.396 e. The highest BCUT2D eigenvalue weighted by atomic mass is 16.5. The second-order valence-electron chi connectivity index (χ2n) is 6.96. The van der Waals surface area contributed by atoms with Crippen LogP contribution in [0.2, 0.25) is 0 Å². The van der Waals surface area contributed by atoms with Crippen molar-refractivity contribution in [2.24, 2.45) is 11.8 Å². The molecule has 0 fully saturated rings. The lowest BCUT2D eigenvalue weighted by Gasteiger charge is -2.23. The van der Waals surface area contributed by atoms with Crippen molar-refractivity contribution >= 4 is 5.91 Å². The molecule has 0 heterocycles. The molecular formula is C17H35NO5. The highest BCUT2D eigenvalue weighted by Crippen LogP contribution is 2.09. The summed E-state index contributed by atoms with van der Waals surface area (Å²) in [6.45, 7) is 12.9. The van der Waals surface area contributed by atoms with Crippen LogP contribution in [0.25, 0.3) is 0 Å². The number of carbonyl (C=O) groups excluding carboxylic acids is 1. The van der Waals surface area contributed by atoms with Crippen LogP contribution in [0.5, 0.6) is 0 Å². The zero-order valence-corrected chi connectivity index (χ0v) is 15.4. The number of aliphatic hydroxyl groups is 1. The van der Waals surface area contributed by atoms with Gasteiger partial charge in [-0.1, -0.05) is 13.8 Å². The fraction of sp³-hybridized carbons (Fsp3) is 0.941. The molecule has 23 heavy (non-hydrogen) atoms. The van der Waals surface area contributed by atoms with E-state index in [2.05, 4.69) is 5.32 Å². The number of aliphatic hydroxyl groups excluding tert-OH is 1. The Morgan fingerprint density at radius 3 is 2.30 bits per heavy atom. The van der Waals surface area contributed by atoms with Crippen LogP contribution in [-0.2, 0) is 19.0 Å². The number of carbonyl (C=O) groups is 1. The molecule has 0 radical (unpaired) electrons. The van der Waals surface area contributed by atoms with Crippen molar-refractivity contribution in [3.05, 3.63) is 0 Å². The molecule has 1 amide bonds. The van der Waals surface area contributed by atoms with Crippen LogP contribution in [0, 0.1) is 11.8 Å². The van der Waals surface area contributed by atoms with E-state index in [4.69, 9.17) is 14.2 Å². The second kappa shape index (κ2) is 12.7. The van der Waals surface area contributed by atoms with Gasteiger partial charge in [0, 0.05) is 25.0 Å². The summed E-state index contributed by atoms with van der Waals surface area (Å²) in [5, 5.41) is 12.1. The summed E-state index contributed by atoms with van der Waals surface area (Å²) >= 11 is 0. The van der Waals surface area contributed by atoms with Crippen molar-refractivity contribution in [2.75, 3.05) is 46.2 Å². The van der Waals surface area contributed by atoms with Gasteiger partial charge in [-0.2, -0.15) is 0 Å². The molecule has 138 valence electrons. The topological polar surface area (TPSA) is 77.0 Å². The first-order chi connectivity index (χ1) is 10.8. The molecule has 0 aliphatic heterocycles. The van der Waals surface area contributed by atoms with Crippen LogP contribution >= 0.6 is 0 Å². The van der Waals surface area contributed by atoms with E-state index < -0.39 is 0 Å². The highest BCUT2D eigenvalue weighted by Gasteiger charge is 2.15. The van der Waals surface area contributed by atoms with Gasteiger partial charge in [-0.25, -0.2) is 0 Å². The first kappa shape index (κ1) is 22.3. The molecule has 6 nitrogen and oxygen atoms in total. The number of rotatable bonds is 13. The summed E-state index contributed by atoms with van der Waals surface area (Å²) in [6.07, 6.45) is 0.789. The van der Waals surface area contributed by atoms with E-state index in [9.17, 15) is 9.90 Å². The van der Waals surface area contributed by atoms with Gasteiger partial charge in [-0.3, -0.25) is 4.79 Å². The van der Waals surface area contributed by atoms with Crippen LogP contribution in [0.15, 0.2) is 0 Å². The van der Waals surface area contributed by atoms with Crippen molar-refractivity contribution in [3.8, 4) is 0 Å². The molecule has 0 aromatic rings. The Hall–Kier alpha value is -0.690. The molecule has 0 spiro atoms. The summed E-state index contributed by atoms with van der Waals surface area (Å²) in [4.78, 5) is 11.3. The van der Waals surface area contributed by atoms with E-state index in [0.29, 0.717) is 39.6 Å². The molecule has 6 heteroatoms. The third kappa shape index (κ3) is 14.6. The summed E-state index contributed by atoms with van der Waals surface area (Å²) in [6, 6.07) is 0. The Bertz CT molecular complexity index is 302. The molecule has 0 bridgehead atoms. The monoisotopic (exact) mass is 333 g/mol. The number of hydrogen-bond acceptors (Lipinski definition) is 5. The normalized spacial score (nSPS) is 13.3. The van der Waals surface area contributed by atoms with Crippen LogP contribution in [0.1, 0.15) is 41.0 Å². The number of hydrogen-bond donors (Lipinski definition) is 2. The van der Waals surface area contributed by atoms with Gasteiger partial charge >= 0.3 is 0 Å². The fourth-order valence-corrected chi connectivity index (χ4v) is 1.58. The maximum Gasteiger partial charge on any atom is 0.222 e. The van der Waals surface area contributed by atoms with Crippen LogP contribution in [0.3, 0.4) is 0 Å². The van der Waals surface area contributed by atoms with Gasteiger partial charge in [-0.05, 0) is 27.2 Å². The predicted octanol–water partition coefficient (Wildman–Crippen LogP) is 1.61. The van der Waals surface area contributed by atoms with Crippen molar-refractivity contribution in [1.29, 1.82) is 0 Å². The average Bonchev–Trinajstić information content (AvgIpc) is 2.47. The Balaban J connectivity index is 3.45.